The zero-order valence-electron chi connectivity index (χ0n) is 5.17. The summed E-state index contributed by atoms with van der Waals surface area (Å²) >= 11 is 0. The van der Waals surface area contributed by atoms with Gasteiger partial charge < -0.3 is 9.84 Å². The van der Waals surface area contributed by atoms with Crippen molar-refractivity contribution in [3.63, 3.8) is 0 Å². The molecule has 1 fully saturated rings. The molecular formula is C6H10O3. The van der Waals surface area contributed by atoms with Crippen molar-refractivity contribution >= 4 is 5.97 Å². The normalized spacial score (nSPS) is 26.3. The molecule has 0 bridgehead atoms. The van der Waals surface area contributed by atoms with Gasteiger partial charge in [0.1, 0.15) is 0 Å². The molecule has 0 amide bonds. The standard InChI is InChI=1S/C6H10O3/c7-2-1-5-3-6(8)9-4-5/h5,7H,1-4H2. The maximum atomic E-state index is 10.4. The molecule has 1 N–H and O–H groups in total. The number of aliphatic hydroxyl groups excluding tert-OH is 1. The van der Waals surface area contributed by atoms with Gasteiger partial charge in [-0.15, -0.1) is 0 Å². The molecule has 0 spiro atoms. The van der Waals surface area contributed by atoms with Crippen molar-refractivity contribution in [2.75, 3.05) is 13.2 Å². The summed E-state index contributed by atoms with van der Waals surface area (Å²) < 4.78 is 4.67. The number of rotatable bonds is 2. The molecule has 52 valence electrons. The number of esters is 1. The Balaban J connectivity index is 2.22. The predicted molar refractivity (Wildman–Crippen MR) is 30.8 cm³/mol. The van der Waals surface area contributed by atoms with E-state index in [1.54, 1.807) is 0 Å². The number of ether oxygens (including phenoxy) is 1. The van der Waals surface area contributed by atoms with Gasteiger partial charge in [-0.3, -0.25) is 4.79 Å². The van der Waals surface area contributed by atoms with E-state index in [9.17, 15) is 4.79 Å². The zero-order chi connectivity index (χ0) is 6.69. The highest BCUT2D eigenvalue weighted by Gasteiger charge is 2.22. The summed E-state index contributed by atoms with van der Waals surface area (Å²) in [5.74, 6) is 0.135. The molecule has 0 aromatic heterocycles. The Bertz CT molecular complexity index is 111. The van der Waals surface area contributed by atoms with Gasteiger partial charge in [0.15, 0.2) is 0 Å². The first kappa shape index (κ1) is 6.55. The van der Waals surface area contributed by atoms with Crippen molar-refractivity contribution in [2.24, 2.45) is 5.92 Å². The predicted octanol–water partition coefficient (Wildman–Crippen LogP) is -0.0681. The van der Waals surface area contributed by atoms with Gasteiger partial charge in [0.05, 0.1) is 13.0 Å². The molecule has 0 saturated carbocycles. The van der Waals surface area contributed by atoms with Gasteiger partial charge in [-0.1, -0.05) is 0 Å². The molecule has 3 heteroatoms. The van der Waals surface area contributed by atoms with Crippen LogP contribution in [0.25, 0.3) is 0 Å². The summed E-state index contributed by atoms with van der Waals surface area (Å²) in [6.45, 7) is 0.653. The highest BCUT2D eigenvalue weighted by molar-refractivity contribution is 5.71. The summed E-state index contributed by atoms with van der Waals surface area (Å²) in [4.78, 5) is 10.4. The maximum Gasteiger partial charge on any atom is 0.306 e. The molecule has 1 heterocycles. The molecule has 1 saturated heterocycles. The molecule has 1 rings (SSSR count). The van der Waals surface area contributed by atoms with E-state index in [1.165, 1.54) is 0 Å². The van der Waals surface area contributed by atoms with Crippen LogP contribution in [-0.2, 0) is 9.53 Å². The molecule has 1 aliphatic rings. The lowest BCUT2D eigenvalue weighted by atomic mass is 10.1. The van der Waals surface area contributed by atoms with E-state index in [1.807, 2.05) is 0 Å². The number of carbonyl (C=O) groups is 1. The van der Waals surface area contributed by atoms with Crippen LogP contribution in [0.1, 0.15) is 12.8 Å². The van der Waals surface area contributed by atoms with E-state index in [-0.39, 0.29) is 18.5 Å². The fourth-order valence-corrected chi connectivity index (χ4v) is 0.932. The smallest absolute Gasteiger partial charge is 0.306 e. The summed E-state index contributed by atoms with van der Waals surface area (Å²) in [5, 5.41) is 8.45. The van der Waals surface area contributed by atoms with E-state index in [2.05, 4.69) is 4.74 Å². The zero-order valence-corrected chi connectivity index (χ0v) is 5.17. The number of carbonyl (C=O) groups excluding carboxylic acids is 1. The largest absolute Gasteiger partial charge is 0.465 e. The van der Waals surface area contributed by atoms with E-state index in [4.69, 9.17) is 5.11 Å². The van der Waals surface area contributed by atoms with Gasteiger partial charge in [-0.25, -0.2) is 0 Å². The van der Waals surface area contributed by atoms with Crippen LogP contribution in [0.4, 0.5) is 0 Å². The Labute approximate surface area is 53.6 Å². The molecular weight excluding hydrogens is 120 g/mol. The molecule has 1 atom stereocenters. The quantitative estimate of drug-likeness (QED) is 0.532. The van der Waals surface area contributed by atoms with Crippen LogP contribution in [-0.4, -0.2) is 24.3 Å². The van der Waals surface area contributed by atoms with Gasteiger partial charge in [0.2, 0.25) is 0 Å². The average Bonchev–Trinajstić information content (AvgIpc) is 2.17. The third-order valence-corrected chi connectivity index (χ3v) is 1.47. The van der Waals surface area contributed by atoms with Crippen molar-refractivity contribution in [1.82, 2.24) is 0 Å². The van der Waals surface area contributed by atoms with E-state index in [0.717, 1.165) is 0 Å². The molecule has 0 radical (unpaired) electrons. The summed E-state index contributed by atoms with van der Waals surface area (Å²) in [5.41, 5.74) is 0. The van der Waals surface area contributed by atoms with E-state index in [0.29, 0.717) is 19.4 Å². The second kappa shape index (κ2) is 2.82. The van der Waals surface area contributed by atoms with Crippen LogP contribution in [0.5, 0.6) is 0 Å². The Hall–Kier alpha value is -0.570. The molecule has 9 heavy (non-hydrogen) atoms. The summed E-state index contributed by atoms with van der Waals surface area (Å²) in [7, 11) is 0. The highest BCUT2D eigenvalue weighted by atomic mass is 16.5. The lowest BCUT2D eigenvalue weighted by molar-refractivity contribution is -0.137. The molecule has 3 nitrogen and oxygen atoms in total. The SMILES string of the molecule is O=C1CC(CCO)CO1. The van der Waals surface area contributed by atoms with Gasteiger partial charge >= 0.3 is 5.97 Å². The van der Waals surface area contributed by atoms with Crippen molar-refractivity contribution in [2.45, 2.75) is 12.8 Å². The van der Waals surface area contributed by atoms with Gasteiger partial charge in [-0.2, -0.15) is 0 Å². The van der Waals surface area contributed by atoms with Crippen molar-refractivity contribution in [3.8, 4) is 0 Å². The fraction of sp³-hybridized carbons (Fsp3) is 0.833. The maximum absolute atomic E-state index is 10.4. The van der Waals surface area contributed by atoms with Crippen LogP contribution >= 0.6 is 0 Å². The van der Waals surface area contributed by atoms with Crippen LogP contribution in [0.15, 0.2) is 0 Å². The summed E-state index contributed by atoms with van der Waals surface area (Å²) in [6.07, 6.45) is 1.17. The second-order valence-electron chi connectivity index (χ2n) is 2.27. The topological polar surface area (TPSA) is 46.5 Å². The number of hydrogen-bond donors (Lipinski definition) is 1. The monoisotopic (exact) mass is 130 g/mol. The van der Waals surface area contributed by atoms with Crippen molar-refractivity contribution in [1.29, 1.82) is 0 Å². The third-order valence-electron chi connectivity index (χ3n) is 1.47. The van der Waals surface area contributed by atoms with E-state index >= 15 is 0 Å². The van der Waals surface area contributed by atoms with Crippen molar-refractivity contribution in [3.05, 3.63) is 0 Å². The second-order valence-corrected chi connectivity index (χ2v) is 2.27. The minimum atomic E-state index is -0.131. The Morgan fingerprint density at radius 2 is 2.56 bits per heavy atom. The average molecular weight is 130 g/mol. The van der Waals surface area contributed by atoms with Gasteiger partial charge in [-0.05, 0) is 6.42 Å². The first-order chi connectivity index (χ1) is 4.33. The number of cyclic esters (lactones) is 1. The summed E-state index contributed by atoms with van der Waals surface area (Å²) in [6, 6.07) is 0. The molecule has 1 unspecified atom stereocenters. The minimum absolute atomic E-state index is 0.131. The fourth-order valence-electron chi connectivity index (χ4n) is 0.932. The van der Waals surface area contributed by atoms with E-state index < -0.39 is 0 Å². The Kier molecular flexibility index (Phi) is 2.05. The Morgan fingerprint density at radius 3 is 3.00 bits per heavy atom. The highest BCUT2D eigenvalue weighted by Crippen LogP contribution is 2.16. The lowest BCUT2D eigenvalue weighted by Gasteiger charge is -1.99. The lowest BCUT2D eigenvalue weighted by Crippen LogP contribution is -2.01. The van der Waals surface area contributed by atoms with Gasteiger partial charge in [0, 0.05) is 12.5 Å². The van der Waals surface area contributed by atoms with Crippen LogP contribution < -0.4 is 0 Å². The number of hydrogen-bond acceptors (Lipinski definition) is 3. The molecule has 0 aliphatic carbocycles. The van der Waals surface area contributed by atoms with Crippen molar-refractivity contribution < 1.29 is 14.6 Å². The first-order valence-corrected chi connectivity index (χ1v) is 3.09. The first-order valence-electron chi connectivity index (χ1n) is 3.09. The van der Waals surface area contributed by atoms with Crippen LogP contribution in [0, 0.1) is 5.92 Å². The Morgan fingerprint density at radius 1 is 1.78 bits per heavy atom. The minimum Gasteiger partial charge on any atom is -0.465 e. The third kappa shape index (κ3) is 1.68. The van der Waals surface area contributed by atoms with Crippen LogP contribution in [0.3, 0.4) is 0 Å². The molecule has 0 aromatic rings. The van der Waals surface area contributed by atoms with Gasteiger partial charge in [0.25, 0.3) is 0 Å². The van der Waals surface area contributed by atoms with Crippen LogP contribution in [0.2, 0.25) is 0 Å². The number of aliphatic hydroxyl groups is 1. The molecule has 0 aromatic carbocycles. The molecule has 1 aliphatic heterocycles.